The van der Waals surface area contributed by atoms with Gasteiger partial charge in [-0.2, -0.15) is 4.98 Å². The van der Waals surface area contributed by atoms with E-state index in [0.717, 1.165) is 40.9 Å². The summed E-state index contributed by atoms with van der Waals surface area (Å²) in [6.07, 6.45) is 2.31. The van der Waals surface area contributed by atoms with E-state index < -0.39 is 0 Å². The van der Waals surface area contributed by atoms with Gasteiger partial charge in [0, 0.05) is 17.2 Å². The normalized spacial score (nSPS) is 14.8. The zero-order valence-corrected chi connectivity index (χ0v) is 17.1. The van der Waals surface area contributed by atoms with E-state index in [1.165, 1.54) is 5.56 Å². The maximum absolute atomic E-state index is 5.51. The molecule has 0 aliphatic heterocycles. The summed E-state index contributed by atoms with van der Waals surface area (Å²) in [6.45, 7) is 4.14. The Bertz CT molecular complexity index is 1130. The predicted octanol–water partition coefficient (Wildman–Crippen LogP) is 5.36. The zero-order chi connectivity index (χ0) is 19.8. The minimum Gasteiger partial charge on any atom is -0.338 e. The first-order chi connectivity index (χ1) is 14.2. The monoisotopic (exact) mass is 403 g/mol. The standard InChI is InChI=1S/C22H21N5OS/c1-14-7-6-8-17(13-14)20-24-25-22(27(20)18-9-4-3-5-10-18)29-15(2)21-23-19(26-28-21)16-11-12-16/h3-10,13,15-16H,11-12H2,1-2H3. The number of aromatic nitrogens is 5. The molecule has 0 spiro atoms. The van der Waals surface area contributed by atoms with Crippen molar-refractivity contribution >= 4 is 11.8 Å². The molecule has 5 rings (SSSR count). The molecular formula is C22H21N5OS. The number of nitrogens with zero attached hydrogens (tertiary/aromatic N) is 5. The van der Waals surface area contributed by atoms with Gasteiger partial charge in [-0.1, -0.05) is 58.9 Å². The van der Waals surface area contributed by atoms with E-state index in [2.05, 4.69) is 69.1 Å². The summed E-state index contributed by atoms with van der Waals surface area (Å²) >= 11 is 1.58. The molecule has 1 atom stereocenters. The molecule has 2 heterocycles. The van der Waals surface area contributed by atoms with Crippen molar-refractivity contribution in [1.29, 1.82) is 0 Å². The van der Waals surface area contributed by atoms with Crippen molar-refractivity contribution in [2.45, 2.75) is 43.0 Å². The Labute approximate surface area is 173 Å². The van der Waals surface area contributed by atoms with Gasteiger partial charge in [-0.25, -0.2) is 0 Å². The smallest absolute Gasteiger partial charge is 0.239 e. The zero-order valence-electron chi connectivity index (χ0n) is 16.3. The molecule has 1 aliphatic rings. The fourth-order valence-corrected chi connectivity index (χ4v) is 4.15. The molecule has 146 valence electrons. The van der Waals surface area contributed by atoms with E-state index in [1.54, 1.807) is 11.8 Å². The van der Waals surface area contributed by atoms with Crippen molar-refractivity contribution < 1.29 is 4.52 Å². The largest absolute Gasteiger partial charge is 0.338 e. The highest BCUT2D eigenvalue weighted by atomic mass is 32.2. The molecule has 29 heavy (non-hydrogen) atoms. The second-order valence-corrected chi connectivity index (χ2v) is 8.68. The molecule has 1 saturated carbocycles. The van der Waals surface area contributed by atoms with Gasteiger partial charge in [0.2, 0.25) is 5.89 Å². The van der Waals surface area contributed by atoms with E-state index in [9.17, 15) is 0 Å². The second-order valence-electron chi connectivity index (χ2n) is 7.37. The van der Waals surface area contributed by atoms with Gasteiger partial charge in [-0.15, -0.1) is 10.2 Å². The minimum absolute atomic E-state index is 0.0213. The molecule has 0 saturated heterocycles. The topological polar surface area (TPSA) is 69.6 Å². The van der Waals surface area contributed by atoms with Gasteiger partial charge in [0.1, 0.15) is 0 Å². The van der Waals surface area contributed by atoms with Crippen LogP contribution in [-0.2, 0) is 0 Å². The molecule has 0 bridgehead atoms. The average Bonchev–Trinajstić information content (AvgIpc) is 3.31. The van der Waals surface area contributed by atoms with Crippen molar-refractivity contribution in [2.24, 2.45) is 0 Å². The molecule has 6 nitrogen and oxygen atoms in total. The van der Waals surface area contributed by atoms with Gasteiger partial charge in [0.05, 0.1) is 5.25 Å². The molecular weight excluding hydrogens is 382 g/mol. The van der Waals surface area contributed by atoms with Gasteiger partial charge in [-0.05, 0) is 44.9 Å². The first kappa shape index (κ1) is 18.1. The van der Waals surface area contributed by atoms with E-state index in [1.807, 2.05) is 24.3 Å². The molecule has 0 amide bonds. The molecule has 0 radical (unpaired) electrons. The van der Waals surface area contributed by atoms with E-state index in [-0.39, 0.29) is 5.25 Å². The van der Waals surface area contributed by atoms with Crippen LogP contribution in [0.15, 0.2) is 64.3 Å². The third-order valence-corrected chi connectivity index (χ3v) is 5.98. The van der Waals surface area contributed by atoms with Crippen LogP contribution < -0.4 is 0 Å². The Balaban J connectivity index is 1.52. The lowest BCUT2D eigenvalue weighted by Gasteiger charge is -2.12. The van der Waals surface area contributed by atoms with Gasteiger partial charge in [0.15, 0.2) is 16.8 Å². The number of hydrogen-bond acceptors (Lipinski definition) is 6. The lowest BCUT2D eigenvalue weighted by Crippen LogP contribution is -2.01. The van der Waals surface area contributed by atoms with Crippen LogP contribution in [0.4, 0.5) is 0 Å². The highest BCUT2D eigenvalue weighted by Crippen LogP contribution is 2.40. The molecule has 1 aliphatic carbocycles. The maximum Gasteiger partial charge on any atom is 0.239 e. The SMILES string of the molecule is Cc1cccc(-c2nnc(SC(C)c3nc(C4CC4)no3)n2-c2ccccc2)c1. The summed E-state index contributed by atoms with van der Waals surface area (Å²) < 4.78 is 7.60. The molecule has 0 N–H and O–H groups in total. The van der Waals surface area contributed by atoms with Crippen LogP contribution >= 0.6 is 11.8 Å². The molecule has 2 aromatic carbocycles. The van der Waals surface area contributed by atoms with E-state index in [4.69, 9.17) is 4.52 Å². The molecule has 4 aromatic rings. The van der Waals surface area contributed by atoms with Crippen LogP contribution in [0.5, 0.6) is 0 Å². The third kappa shape index (κ3) is 3.70. The van der Waals surface area contributed by atoms with Crippen LogP contribution in [0.3, 0.4) is 0 Å². The number of para-hydroxylation sites is 1. The predicted molar refractivity (Wildman–Crippen MR) is 112 cm³/mol. The molecule has 1 fully saturated rings. The summed E-state index contributed by atoms with van der Waals surface area (Å²) in [5, 5.41) is 13.9. The first-order valence-corrected chi connectivity index (χ1v) is 10.6. The van der Waals surface area contributed by atoms with Crippen LogP contribution in [0, 0.1) is 6.92 Å². The van der Waals surface area contributed by atoms with Crippen LogP contribution in [0.1, 0.15) is 48.2 Å². The first-order valence-electron chi connectivity index (χ1n) is 9.77. The highest BCUT2D eigenvalue weighted by molar-refractivity contribution is 7.99. The third-order valence-electron chi connectivity index (χ3n) is 4.95. The summed E-state index contributed by atoms with van der Waals surface area (Å²) in [4.78, 5) is 4.59. The Hall–Kier alpha value is -2.93. The lowest BCUT2D eigenvalue weighted by molar-refractivity contribution is 0.374. The Morgan fingerprint density at radius 3 is 2.66 bits per heavy atom. The number of hydrogen-bond donors (Lipinski definition) is 0. The van der Waals surface area contributed by atoms with Crippen molar-refractivity contribution in [3.8, 4) is 17.1 Å². The van der Waals surface area contributed by atoms with Gasteiger partial charge in [-0.3, -0.25) is 4.57 Å². The van der Waals surface area contributed by atoms with Gasteiger partial charge in [0.25, 0.3) is 0 Å². The fourth-order valence-electron chi connectivity index (χ4n) is 3.26. The fraction of sp³-hybridized carbons (Fsp3) is 0.273. The van der Waals surface area contributed by atoms with Crippen LogP contribution in [-0.4, -0.2) is 24.9 Å². The number of rotatable bonds is 6. The van der Waals surface area contributed by atoms with Crippen molar-refractivity contribution in [3.05, 3.63) is 71.9 Å². The van der Waals surface area contributed by atoms with Crippen molar-refractivity contribution in [3.63, 3.8) is 0 Å². The van der Waals surface area contributed by atoms with Crippen molar-refractivity contribution in [2.75, 3.05) is 0 Å². The quantitative estimate of drug-likeness (QED) is 0.404. The van der Waals surface area contributed by atoms with E-state index >= 15 is 0 Å². The van der Waals surface area contributed by atoms with Gasteiger partial charge >= 0.3 is 0 Å². The number of benzene rings is 2. The average molecular weight is 404 g/mol. The number of aryl methyl sites for hydroxylation is 1. The Morgan fingerprint density at radius 1 is 1.07 bits per heavy atom. The Morgan fingerprint density at radius 2 is 1.90 bits per heavy atom. The summed E-state index contributed by atoms with van der Waals surface area (Å²) in [5.74, 6) is 2.76. The Kier molecular flexibility index (Phi) is 4.67. The molecule has 2 aromatic heterocycles. The molecule has 7 heteroatoms. The van der Waals surface area contributed by atoms with E-state index in [0.29, 0.717) is 11.8 Å². The van der Waals surface area contributed by atoms with Crippen LogP contribution in [0.2, 0.25) is 0 Å². The van der Waals surface area contributed by atoms with Crippen LogP contribution in [0.25, 0.3) is 17.1 Å². The van der Waals surface area contributed by atoms with Crippen molar-refractivity contribution in [1.82, 2.24) is 24.9 Å². The minimum atomic E-state index is -0.0213. The second kappa shape index (κ2) is 7.48. The number of thioether (sulfide) groups is 1. The summed E-state index contributed by atoms with van der Waals surface area (Å²) in [5.41, 5.74) is 3.24. The maximum atomic E-state index is 5.51. The van der Waals surface area contributed by atoms with Gasteiger partial charge < -0.3 is 4.52 Å². The summed E-state index contributed by atoms with van der Waals surface area (Å²) in [6, 6.07) is 18.5. The molecule has 1 unspecified atom stereocenters. The highest BCUT2D eigenvalue weighted by Gasteiger charge is 2.30. The summed E-state index contributed by atoms with van der Waals surface area (Å²) in [7, 11) is 0. The lowest BCUT2D eigenvalue weighted by atomic mass is 10.1.